The van der Waals surface area contributed by atoms with Crippen molar-refractivity contribution in [3.8, 4) is 0 Å². The summed E-state index contributed by atoms with van der Waals surface area (Å²) in [6.45, 7) is 4.58. The highest BCUT2D eigenvalue weighted by Crippen LogP contribution is 2.18. The van der Waals surface area contributed by atoms with Gasteiger partial charge in [0.25, 0.3) is 15.9 Å². The molecule has 10 heteroatoms. The molecule has 0 bridgehead atoms. The van der Waals surface area contributed by atoms with Gasteiger partial charge in [0.15, 0.2) is 6.29 Å². The number of nitrogens with zero attached hydrogens (tertiary/aromatic N) is 2. The minimum Gasteiger partial charge on any atom is -0.379 e. The van der Waals surface area contributed by atoms with Crippen molar-refractivity contribution >= 4 is 22.0 Å². The third-order valence-electron chi connectivity index (χ3n) is 5.55. The van der Waals surface area contributed by atoms with Gasteiger partial charge in [0, 0.05) is 51.1 Å². The molecular formula is C23H29N3O6S. The summed E-state index contributed by atoms with van der Waals surface area (Å²) in [6, 6.07) is 8.55. The Labute approximate surface area is 193 Å². The second-order valence-electron chi connectivity index (χ2n) is 8.03. The molecule has 2 saturated heterocycles. The van der Waals surface area contributed by atoms with Crippen LogP contribution in [0.5, 0.6) is 0 Å². The topological polar surface area (TPSA) is 99.1 Å². The maximum atomic E-state index is 13.0. The van der Waals surface area contributed by atoms with Gasteiger partial charge in [-0.15, -0.1) is 0 Å². The maximum absolute atomic E-state index is 13.0. The first-order chi connectivity index (χ1) is 16.0. The number of carbonyl (C=O) groups is 1. The van der Waals surface area contributed by atoms with Crippen molar-refractivity contribution in [2.24, 2.45) is 0 Å². The fraction of sp³-hybridized carbons (Fsp3) is 0.435. The molecule has 2 aromatic rings. The molecule has 9 nitrogen and oxygen atoms in total. The van der Waals surface area contributed by atoms with E-state index in [4.69, 9.17) is 14.3 Å². The van der Waals surface area contributed by atoms with Crippen LogP contribution in [0.2, 0.25) is 0 Å². The third-order valence-corrected chi connectivity index (χ3v) is 7.20. The molecule has 0 aliphatic carbocycles. The number of hydroxylamine groups is 1. The molecule has 2 aliphatic heterocycles. The van der Waals surface area contributed by atoms with Crippen molar-refractivity contribution < 1.29 is 27.5 Å². The zero-order valence-corrected chi connectivity index (χ0v) is 19.2. The Kier molecular flexibility index (Phi) is 7.94. The van der Waals surface area contributed by atoms with E-state index in [0.29, 0.717) is 12.2 Å². The van der Waals surface area contributed by atoms with E-state index in [0.717, 1.165) is 61.6 Å². The van der Waals surface area contributed by atoms with Gasteiger partial charge in [0.2, 0.25) is 0 Å². The van der Waals surface area contributed by atoms with E-state index < -0.39 is 22.2 Å². The van der Waals surface area contributed by atoms with Gasteiger partial charge >= 0.3 is 0 Å². The van der Waals surface area contributed by atoms with Crippen LogP contribution >= 0.6 is 0 Å². The van der Waals surface area contributed by atoms with Crippen molar-refractivity contribution in [1.82, 2.24) is 14.4 Å². The van der Waals surface area contributed by atoms with Crippen molar-refractivity contribution in [3.63, 3.8) is 0 Å². The van der Waals surface area contributed by atoms with Gasteiger partial charge in [-0.2, -0.15) is 0 Å². The van der Waals surface area contributed by atoms with Crippen LogP contribution in [0.3, 0.4) is 0 Å². The molecule has 178 valence electrons. The van der Waals surface area contributed by atoms with E-state index >= 15 is 0 Å². The van der Waals surface area contributed by atoms with Crippen LogP contribution in [0, 0.1) is 0 Å². The van der Waals surface area contributed by atoms with Crippen LogP contribution in [0.25, 0.3) is 6.08 Å². The number of aromatic nitrogens is 1. The summed E-state index contributed by atoms with van der Waals surface area (Å²) >= 11 is 0. The number of rotatable bonds is 8. The molecule has 33 heavy (non-hydrogen) atoms. The summed E-state index contributed by atoms with van der Waals surface area (Å²) in [6.07, 6.45) is 8.03. The van der Waals surface area contributed by atoms with Crippen LogP contribution in [0.15, 0.2) is 53.7 Å². The number of benzene rings is 1. The lowest BCUT2D eigenvalue weighted by Gasteiger charge is -2.26. The molecular weight excluding hydrogens is 446 g/mol. The molecule has 1 aromatic carbocycles. The number of nitrogens with one attached hydrogen (secondary N) is 1. The molecule has 1 N–H and O–H groups in total. The highest BCUT2D eigenvalue weighted by molar-refractivity contribution is 7.90. The minimum atomic E-state index is -3.72. The fourth-order valence-electron chi connectivity index (χ4n) is 3.68. The molecule has 3 heterocycles. The molecule has 1 atom stereocenters. The number of hydrogen-bond donors (Lipinski definition) is 1. The normalized spacial score (nSPS) is 20.2. The molecule has 0 radical (unpaired) electrons. The average Bonchev–Trinajstić information content (AvgIpc) is 3.33. The molecule has 1 aromatic heterocycles. The first kappa shape index (κ1) is 23.7. The van der Waals surface area contributed by atoms with Crippen molar-refractivity contribution in [3.05, 3.63) is 59.9 Å². The molecule has 0 spiro atoms. The fourth-order valence-corrected chi connectivity index (χ4v) is 4.89. The quantitative estimate of drug-likeness (QED) is 0.461. The highest BCUT2D eigenvalue weighted by Gasteiger charge is 2.18. The van der Waals surface area contributed by atoms with Gasteiger partial charge in [-0.25, -0.2) is 22.7 Å². The van der Waals surface area contributed by atoms with E-state index in [1.807, 2.05) is 12.1 Å². The van der Waals surface area contributed by atoms with Gasteiger partial charge in [0.1, 0.15) is 0 Å². The predicted octanol–water partition coefficient (Wildman–Crippen LogP) is 2.14. The summed E-state index contributed by atoms with van der Waals surface area (Å²) in [4.78, 5) is 19.7. The van der Waals surface area contributed by atoms with E-state index in [1.165, 1.54) is 24.5 Å². The minimum absolute atomic E-state index is 0.206. The summed E-state index contributed by atoms with van der Waals surface area (Å²) in [7, 11) is -3.72. The lowest BCUT2D eigenvalue weighted by molar-refractivity contribution is -0.198. The van der Waals surface area contributed by atoms with E-state index in [1.54, 1.807) is 18.2 Å². The lowest BCUT2D eigenvalue weighted by Crippen LogP contribution is -2.35. The largest absolute Gasteiger partial charge is 0.379 e. The van der Waals surface area contributed by atoms with Gasteiger partial charge in [-0.1, -0.05) is 12.1 Å². The third kappa shape index (κ3) is 6.52. The van der Waals surface area contributed by atoms with Crippen LogP contribution in [-0.2, 0) is 35.7 Å². The Balaban J connectivity index is 1.33. The Bertz CT molecular complexity index is 1050. The second-order valence-corrected chi connectivity index (χ2v) is 9.87. The number of hydrogen-bond acceptors (Lipinski definition) is 7. The van der Waals surface area contributed by atoms with E-state index in [2.05, 4.69) is 10.4 Å². The Morgan fingerprint density at radius 1 is 1.12 bits per heavy atom. The first-order valence-electron chi connectivity index (χ1n) is 11.1. The lowest BCUT2D eigenvalue weighted by atomic mass is 10.2. The summed E-state index contributed by atoms with van der Waals surface area (Å²) < 4.78 is 37.8. The van der Waals surface area contributed by atoms with Gasteiger partial charge in [0.05, 0.1) is 18.1 Å². The standard InChI is InChI=1S/C23H29N3O6S/c27-22(24-32-23-3-1-2-14-31-23)9-6-20-10-11-26(18-20)33(28,29)21-7-4-19(5-8-21)17-25-12-15-30-16-13-25/h4-11,18,23H,1-3,12-17H2,(H,24,27)/b9-6+. The average molecular weight is 476 g/mol. The molecule has 2 fully saturated rings. The Hall–Kier alpha value is -2.50. The Morgan fingerprint density at radius 2 is 1.91 bits per heavy atom. The first-order valence-corrected chi connectivity index (χ1v) is 12.5. The second kappa shape index (κ2) is 11.1. The molecule has 1 amide bonds. The summed E-state index contributed by atoms with van der Waals surface area (Å²) in [5, 5.41) is 0. The van der Waals surface area contributed by atoms with Crippen LogP contribution < -0.4 is 5.48 Å². The number of morpholine rings is 1. The zero-order valence-electron chi connectivity index (χ0n) is 18.4. The number of ether oxygens (including phenoxy) is 2. The van der Waals surface area contributed by atoms with Crippen molar-refractivity contribution in [2.75, 3.05) is 32.9 Å². The highest BCUT2D eigenvalue weighted by atomic mass is 32.2. The zero-order chi connectivity index (χ0) is 23.1. The number of amides is 1. The molecule has 4 rings (SSSR count). The maximum Gasteiger partial charge on any atom is 0.267 e. The predicted molar refractivity (Wildman–Crippen MR) is 121 cm³/mol. The van der Waals surface area contributed by atoms with Gasteiger partial charge in [-0.05, 0) is 48.2 Å². The van der Waals surface area contributed by atoms with Crippen molar-refractivity contribution in [1.29, 1.82) is 0 Å². The number of carbonyl (C=O) groups excluding carboxylic acids is 1. The smallest absolute Gasteiger partial charge is 0.267 e. The monoisotopic (exact) mass is 475 g/mol. The van der Waals surface area contributed by atoms with E-state index in [-0.39, 0.29) is 4.90 Å². The summed E-state index contributed by atoms with van der Waals surface area (Å²) in [5.74, 6) is -0.448. The van der Waals surface area contributed by atoms with Crippen LogP contribution in [-0.4, -0.2) is 62.4 Å². The molecule has 1 unspecified atom stereocenters. The van der Waals surface area contributed by atoms with E-state index in [9.17, 15) is 13.2 Å². The molecule has 2 aliphatic rings. The van der Waals surface area contributed by atoms with Crippen molar-refractivity contribution in [2.45, 2.75) is 37.0 Å². The van der Waals surface area contributed by atoms with Crippen LogP contribution in [0.4, 0.5) is 0 Å². The molecule has 0 saturated carbocycles. The SMILES string of the molecule is O=C(/C=C/c1ccn(S(=O)(=O)c2ccc(CN3CCOCC3)cc2)c1)NOC1CCCCO1. The van der Waals surface area contributed by atoms with Crippen LogP contribution in [0.1, 0.15) is 30.4 Å². The summed E-state index contributed by atoms with van der Waals surface area (Å²) in [5.41, 5.74) is 3.96. The van der Waals surface area contributed by atoms with Gasteiger partial charge in [-0.3, -0.25) is 9.69 Å². The Morgan fingerprint density at radius 3 is 2.64 bits per heavy atom. The van der Waals surface area contributed by atoms with Gasteiger partial charge < -0.3 is 9.47 Å².